The third-order valence-electron chi connectivity index (χ3n) is 1.48. The van der Waals surface area contributed by atoms with Gasteiger partial charge in [-0.05, 0) is 12.1 Å². The summed E-state index contributed by atoms with van der Waals surface area (Å²) < 4.78 is 64.4. The monoisotopic (exact) mass is 227 g/mol. The van der Waals surface area contributed by atoms with Crippen molar-refractivity contribution in [3.05, 3.63) is 24.0 Å². The third kappa shape index (κ3) is 2.71. The number of anilines is 1. The Morgan fingerprint density at radius 3 is 2.33 bits per heavy atom. The molecule has 0 unspecified atom stereocenters. The van der Waals surface area contributed by atoms with Crippen molar-refractivity contribution in [2.45, 2.75) is 12.5 Å². The Morgan fingerprint density at radius 1 is 1.27 bits per heavy atom. The van der Waals surface area contributed by atoms with Crippen LogP contribution in [-0.2, 0) is 0 Å². The number of halogens is 5. The first-order valence-electron chi connectivity index (χ1n) is 3.73. The number of nitrogen functional groups attached to an aromatic ring is 1. The topological polar surface area (TPSA) is 35.2 Å². The molecule has 0 bridgehead atoms. The highest BCUT2D eigenvalue weighted by atomic mass is 19.3. The smallest absolute Gasteiger partial charge is 0.428 e. The lowest BCUT2D eigenvalue weighted by atomic mass is 10.3. The van der Waals surface area contributed by atoms with Crippen LogP contribution in [0.5, 0.6) is 5.75 Å². The molecular formula is C8H6F5NO. The molecule has 0 saturated carbocycles. The number of ether oxygens (including phenoxy) is 1. The van der Waals surface area contributed by atoms with E-state index in [1.54, 1.807) is 0 Å². The molecule has 84 valence electrons. The highest BCUT2D eigenvalue weighted by Crippen LogP contribution is 2.28. The molecule has 0 aliphatic carbocycles. The van der Waals surface area contributed by atoms with Crippen molar-refractivity contribution in [3.63, 3.8) is 0 Å². The van der Waals surface area contributed by atoms with Crippen LogP contribution in [0.3, 0.4) is 0 Å². The molecule has 0 aromatic heterocycles. The molecule has 15 heavy (non-hydrogen) atoms. The van der Waals surface area contributed by atoms with Gasteiger partial charge in [-0.25, -0.2) is 4.39 Å². The Hall–Kier alpha value is -1.53. The van der Waals surface area contributed by atoms with Crippen LogP contribution in [0.4, 0.5) is 27.6 Å². The van der Waals surface area contributed by atoms with Gasteiger partial charge >= 0.3 is 12.5 Å². The normalized spacial score (nSPS) is 11.9. The fourth-order valence-corrected chi connectivity index (χ4v) is 0.773. The standard InChI is InChI=1S/C8H6F5NO/c9-5-3-4(1-2-6(5)14)15-8(12,13)7(10)11/h1-3,7H,14H2. The van der Waals surface area contributed by atoms with Crippen molar-refractivity contribution in [2.75, 3.05) is 5.73 Å². The Morgan fingerprint density at radius 2 is 1.87 bits per heavy atom. The first-order valence-corrected chi connectivity index (χ1v) is 3.73. The van der Waals surface area contributed by atoms with Crippen molar-refractivity contribution >= 4 is 5.69 Å². The molecule has 1 aromatic rings. The quantitative estimate of drug-likeness (QED) is 0.636. The molecule has 2 N–H and O–H groups in total. The molecular weight excluding hydrogens is 221 g/mol. The molecule has 0 heterocycles. The lowest BCUT2D eigenvalue weighted by Gasteiger charge is -2.16. The highest BCUT2D eigenvalue weighted by Gasteiger charge is 2.44. The van der Waals surface area contributed by atoms with Crippen molar-refractivity contribution in [2.24, 2.45) is 0 Å². The second-order valence-corrected chi connectivity index (χ2v) is 2.65. The Kier molecular flexibility index (Phi) is 3.01. The molecule has 1 aromatic carbocycles. The molecule has 2 nitrogen and oxygen atoms in total. The number of nitrogens with two attached hydrogens (primary N) is 1. The maximum atomic E-state index is 12.7. The summed E-state index contributed by atoms with van der Waals surface area (Å²) in [4.78, 5) is 0. The van der Waals surface area contributed by atoms with Crippen LogP contribution in [0.25, 0.3) is 0 Å². The van der Waals surface area contributed by atoms with E-state index in [2.05, 4.69) is 4.74 Å². The van der Waals surface area contributed by atoms with E-state index in [4.69, 9.17) is 5.73 Å². The van der Waals surface area contributed by atoms with Crippen LogP contribution in [0.15, 0.2) is 18.2 Å². The van der Waals surface area contributed by atoms with Gasteiger partial charge in [-0.1, -0.05) is 0 Å². The summed E-state index contributed by atoms with van der Waals surface area (Å²) in [6.07, 6.45) is -8.64. The van der Waals surface area contributed by atoms with E-state index in [1.807, 2.05) is 0 Å². The van der Waals surface area contributed by atoms with Crippen molar-refractivity contribution in [1.29, 1.82) is 0 Å². The largest absolute Gasteiger partial charge is 0.461 e. The van der Waals surface area contributed by atoms with E-state index in [0.29, 0.717) is 6.07 Å². The summed E-state index contributed by atoms with van der Waals surface area (Å²) in [5, 5.41) is 0. The first kappa shape index (κ1) is 11.5. The van der Waals surface area contributed by atoms with Crippen molar-refractivity contribution in [3.8, 4) is 5.75 Å². The van der Waals surface area contributed by atoms with Crippen LogP contribution in [-0.4, -0.2) is 12.5 Å². The summed E-state index contributed by atoms with van der Waals surface area (Å²) in [6.45, 7) is 0. The highest BCUT2D eigenvalue weighted by molar-refractivity contribution is 5.43. The minimum Gasteiger partial charge on any atom is -0.428 e. The van der Waals surface area contributed by atoms with Gasteiger partial charge in [0.15, 0.2) is 0 Å². The molecule has 0 spiro atoms. The second-order valence-electron chi connectivity index (χ2n) is 2.65. The summed E-state index contributed by atoms with van der Waals surface area (Å²) in [6, 6.07) is 2.31. The molecule has 0 aliphatic rings. The van der Waals surface area contributed by atoms with Gasteiger partial charge in [-0.2, -0.15) is 17.6 Å². The number of hydrogen-bond acceptors (Lipinski definition) is 2. The number of hydrogen-bond donors (Lipinski definition) is 1. The Labute approximate surface area is 81.4 Å². The van der Waals surface area contributed by atoms with Gasteiger partial charge in [0.05, 0.1) is 5.69 Å². The Bertz CT molecular complexity index is 355. The molecule has 0 atom stereocenters. The van der Waals surface area contributed by atoms with Crippen LogP contribution in [0.1, 0.15) is 0 Å². The average molecular weight is 227 g/mol. The molecule has 0 saturated heterocycles. The zero-order chi connectivity index (χ0) is 11.6. The van der Waals surface area contributed by atoms with Gasteiger partial charge in [-0.15, -0.1) is 0 Å². The predicted molar refractivity (Wildman–Crippen MR) is 42.4 cm³/mol. The first-order chi connectivity index (χ1) is 6.83. The predicted octanol–water partition coefficient (Wildman–Crippen LogP) is 2.64. The minimum atomic E-state index is -4.65. The summed E-state index contributed by atoms with van der Waals surface area (Å²) in [5.41, 5.74) is 4.76. The molecule has 1 rings (SSSR count). The zero-order valence-electron chi connectivity index (χ0n) is 7.18. The third-order valence-corrected chi connectivity index (χ3v) is 1.48. The summed E-state index contributed by atoms with van der Waals surface area (Å²) in [7, 11) is 0. The van der Waals surface area contributed by atoms with E-state index in [9.17, 15) is 22.0 Å². The molecule has 0 fully saturated rings. The van der Waals surface area contributed by atoms with Crippen LogP contribution in [0.2, 0.25) is 0 Å². The van der Waals surface area contributed by atoms with E-state index in [1.165, 1.54) is 0 Å². The molecule has 0 radical (unpaired) electrons. The van der Waals surface area contributed by atoms with Crippen molar-refractivity contribution in [1.82, 2.24) is 0 Å². The van der Waals surface area contributed by atoms with E-state index in [0.717, 1.165) is 12.1 Å². The average Bonchev–Trinajstić information content (AvgIpc) is 2.10. The van der Waals surface area contributed by atoms with E-state index >= 15 is 0 Å². The van der Waals surface area contributed by atoms with Crippen LogP contribution in [0, 0.1) is 5.82 Å². The molecule has 0 amide bonds. The van der Waals surface area contributed by atoms with Crippen molar-refractivity contribution < 1.29 is 26.7 Å². The van der Waals surface area contributed by atoms with Gasteiger partial charge in [0.25, 0.3) is 0 Å². The second kappa shape index (κ2) is 3.92. The Balaban J connectivity index is 2.86. The number of rotatable bonds is 3. The van der Waals surface area contributed by atoms with Gasteiger partial charge in [0.2, 0.25) is 0 Å². The molecule has 0 aliphatic heterocycles. The molecule has 7 heteroatoms. The lowest BCUT2D eigenvalue weighted by molar-refractivity contribution is -0.253. The van der Waals surface area contributed by atoms with Gasteiger partial charge in [-0.3, -0.25) is 0 Å². The van der Waals surface area contributed by atoms with Crippen LogP contribution >= 0.6 is 0 Å². The maximum Gasteiger partial charge on any atom is 0.461 e. The summed E-state index contributed by atoms with van der Waals surface area (Å²) in [5.74, 6) is -1.73. The van der Waals surface area contributed by atoms with Gasteiger partial charge < -0.3 is 10.5 Å². The van der Waals surface area contributed by atoms with Crippen LogP contribution < -0.4 is 10.5 Å². The fraction of sp³-hybridized carbons (Fsp3) is 0.250. The van der Waals surface area contributed by atoms with Gasteiger partial charge in [0, 0.05) is 6.07 Å². The lowest BCUT2D eigenvalue weighted by Crippen LogP contribution is -2.33. The SMILES string of the molecule is Nc1ccc(OC(F)(F)C(F)F)cc1F. The zero-order valence-corrected chi connectivity index (χ0v) is 7.18. The van der Waals surface area contributed by atoms with E-state index in [-0.39, 0.29) is 5.69 Å². The van der Waals surface area contributed by atoms with E-state index < -0.39 is 24.1 Å². The number of alkyl halides is 4. The number of benzene rings is 1. The minimum absolute atomic E-state index is 0.289. The fourth-order valence-electron chi connectivity index (χ4n) is 0.773. The summed E-state index contributed by atoms with van der Waals surface area (Å²) >= 11 is 0. The van der Waals surface area contributed by atoms with Gasteiger partial charge in [0.1, 0.15) is 11.6 Å². The maximum absolute atomic E-state index is 12.7.